The van der Waals surface area contributed by atoms with Crippen molar-refractivity contribution >= 4 is 22.6 Å². The smallest absolute Gasteiger partial charge is 0.177 e. The van der Waals surface area contributed by atoms with Crippen molar-refractivity contribution in [1.29, 1.82) is 0 Å². The van der Waals surface area contributed by atoms with Gasteiger partial charge in [-0.1, -0.05) is 24.6 Å². The summed E-state index contributed by atoms with van der Waals surface area (Å²) in [6.45, 7) is 0. The fourth-order valence-electron chi connectivity index (χ4n) is 2.51. The lowest BCUT2D eigenvalue weighted by Gasteiger charge is -2.16. The third-order valence-electron chi connectivity index (χ3n) is 3.68. The molecule has 20 heavy (non-hydrogen) atoms. The predicted molar refractivity (Wildman–Crippen MR) is 84.8 cm³/mol. The average molecular weight is 289 g/mol. The Labute approximate surface area is 123 Å². The summed E-state index contributed by atoms with van der Waals surface area (Å²) >= 11 is 1.74. The number of benzene rings is 1. The number of amidine groups is 1. The van der Waals surface area contributed by atoms with Crippen LogP contribution < -0.4 is 10.2 Å². The van der Waals surface area contributed by atoms with Crippen molar-refractivity contribution in [2.45, 2.75) is 31.7 Å². The second kappa shape index (κ2) is 6.31. The molecule has 1 aromatic carbocycles. The average Bonchev–Trinajstić information content (AvgIpc) is 3.01. The number of hydrazone groups is 1. The zero-order valence-electron chi connectivity index (χ0n) is 11.6. The van der Waals surface area contributed by atoms with Crippen molar-refractivity contribution in [2.75, 3.05) is 12.9 Å². The normalized spacial score (nSPS) is 21.6. The van der Waals surface area contributed by atoms with Crippen LogP contribution in [0.15, 0.2) is 34.4 Å². The molecule has 0 saturated heterocycles. The highest BCUT2D eigenvalue weighted by atomic mass is 32.2. The molecule has 106 valence electrons. The summed E-state index contributed by atoms with van der Waals surface area (Å²) in [5.41, 5.74) is 5.28. The summed E-state index contributed by atoms with van der Waals surface area (Å²) in [4.78, 5) is 4.73. The van der Waals surface area contributed by atoms with Gasteiger partial charge in [-0.25, -0.2) is 0 Å². The molecular weight excluding hydrogens is 270 g/mol. The van der Waals surface area contributed by atoms with Crippen LogP contribution in [0.2, 0.25) is 0 Å². The molecule has 0 radical (unpaired) electrons. The van der Waals surface area contributed by atoms with Gasteiger partial charge < -0.3 is 4.74 Å². The van der Waals surface area contributed by atoms with Gasteiger partial charge in [0, 0.05) is 5.75 Å². The fourth-order valence-corrected chi connectivity index (χ4v) is 3.35. The van der Waals surface area contributed by atoms with Gasteiger partial charge in [0.05, 0.1) is 18.9 Å². The highest BCUT2D eigenvalue weighted by Crippen LogP contribution is 2.23. The lowest BCUT2D eigenvalue weighted by Crippen LogP contribution is -2.26. The maximum atomic E-state index is 5.17. The summed E-state index contributed by atoms with van der Waals surface area (Å²) in [6, 6.07) is 8.51. The third kappa shape index (κ3) is 3.15. The Hall–Kier alpha value is -1.49. The summed E-state index contributed by atoms with van der Waals surface area (Å²) in [5.74, 6) is 1.74. The van der Waals surface area contributed by atoms with E-state index in [1.54, 1.807) is 18.9 Å². The van der Waals surface area contributed by atoms with Crippen molar-refractivity contribution < 1.29 is 4.74 Å². The maximum absolute atomic E-state index is 5.17. The molecule has 0 bridgehead atoms. The van der Waals surface area contributed by atoms with Gasteiger partial charge in [-0.2, -0.15) is 5.10 Å². The Kier molecular flexibility index (Phi) is 4.25. The summed E-state index contributed by atoms with van der Waals surface area (Å²) in [6.07, 6.45) is 5.07. The molecule has 1 aliphatic heterocycles. The number of methoxy groups -OCH3 is 1. The Bertz CT molecular complexity index is 518. The van der Waals surface area contributed by atoms with E-state index in [0.717, 1.165) is 27.9 Å². The van der Waals surface area contributed by atoms with E-state index in [4.69, 9.17) is 9.73 Å². The van der Waals surface area contributed by atoms with Gasteiger partial charge in [-0.05, 0) is 42.7 Å². The van der Waals surface area contributed by atoms with Gasteiger partial charge >= 0.3 is 0 Å². The van der Waals surface area contributed by atoms with Crippen molar-refractivity contribution in [1.82, 2.24) is 5.43 Å². The second-order valence-electron chi connectivity index (χ2n) is 5.06. The topological polar surface area (TPSA) is 46.0 Å². The SMILES string of the molecule is COc1ccc(C2=NNC(=NC3CCCC3)SC2)cc1. The molecule has 1 heterocycles. The Morgan fingerprint density at radius 2 is 2.00 bits per heavy atom. The van der Waals surface area contributed by atoms with Crippen LogP contribution in [0.4, 0.5) is 0 Å². The van der Waals surface area contributed by atoms with E-state index < -0.39 is 0 Å². The van der Waals surface area contributed by atoms with Crippen molar-refractivity contribution in [3.8, 4) is 5.75 Å². The van der Waals surface area contributed by atoms with Crippen molar-refractivity contribution in [3.63, 3.8) is 0 Å². The lowest BCUT2D eigenvalue weighted by molar-refractivity contribution is 0.415. The molecule has 1 aliphatic carbocycles. The van der Waals surface area contributed by atoms with E-state index in [1.807, 2.05) is 24.3 Å². The molecule has 2 aliphatic rings. The molecule has 1 aromatic rings. The van der Waals surface area contributed by atoms with E-state index in [0.29, 0.717) is 6.04 Å². The molecular formula is C15H19N3OS. The van der Waals surface area contributed by atoms with Gasteiger partial charge in [0.25, 0.3) is 0 Å². The lowest BCUT2D eigenvalue weighted by atomic mass is 10.1. The van der Waals surface area contributed by atoms with Crippen LogP contribution in [0.3, 0.4) is 0 Å². The van der Waals surface area contributed by atoms with Crippen LogP contribution in [0.1, 0.15) is 31.2 Å². The number of ether oxygens (including phenoxy) is 1. The molecule has 0 aromatic heterocycles. The molecule has 3 rings (SSSR count). The Morgan fingerprint density at radius 1 is 1.25 bits per heavy atom. The van der Waals surface area contributed by atoms with Crippen LogP contribution in [0, 0.1) is 0 Å². The molecule has 0 atom stereocenters. The number of aliphatic imine (C=N–C) groups is 1. The number of hydrogen-bond acceptors (Lipinski definition) is 4. The minimum absolute atomic E-state index is 0.503. The van der Waals surface area contributed by atoms with Gasteiger partial charge in [0.1, 0.15) is 5.75 Å². The molecule has 0 amide bonds. The first-order chi connectivity index (χ1) is 9.85. The van der Waals surface area contributed by atoms with Crippen LogP contribution in [0.25, 0.3) is 0 Å². The van der Waals surface area contributed by atoms with E-state index in [1.165, 1.54) is 25.7 Å². The van der Waals surface area contributed by atoms with Crippen LogP contribution in [-0.4, -0.2) is 29.8 Å². The van der Waals surface area contributed by atoms with Gasteiger partial charge in [-0.15, -0.1) is 0 Å². The summed E-state index contributed by atoms with van der Waals surface area (Å²) < 4.78 is 5.17. The standard InChI is InChI=1S/C15H19N3OS/c1-19-13-8-6-11(7-9-13)14-10-20-15(18-17-14)16-12-4-2-3-5-12/h6-9,12H,2-5,10H2,1H3,(H,16,18). The van der Waals surface area contributed by atoms with E-state index in [9.17, 15) is 0 Å². The minimum atomic E-state index is 0.503. The minimum Gasteiger partial charge on any atom is -0.497 e. The van der Waals surface area contributed by atoms with E-state index >= 15 is 0 Å². The quantitative estimate of drug-likeness (QED) is 0.930. The Morgan fingerprint density at radius 3 is 2.60 bits per heavy atom. The fraction of sp³-hybridized carbons (Fsp3) is 0.467. The molecule has 4 nitrogen and oxygen atoms in total. The van der Waals surface area contributed by atoms with Gasteiger partial charge in [0.15, 0.2) is 5.17 Å². The molecule has 5 heteroatoms. The number of nitrogens with zero attached hydrogens (tertiary/aromatic N) is 2. The molecule has 1 saturated carbocycles. The zero-order chi connectivity index (χ0) is 13.8. The number of thioether (sulfide) groups is 1. The van der Waals surface area contributed by atoms with Crippen molar-refractivity contribution in [3.05, 3.63) is 29.8 Å². The molecule has 1 fully saturated rings. The zero-order valence-corrected chi connectivity index (χ0v) is 12.4. The maximum Gasteiger partial charge on any atom is 0.177 e. The summed E-state index contributed by atoms with van der Waals surface area (Å²) in [7, 11) is 1.68. The molecule has 0 spiro atoms. The van der Waals surface area contributed by atoms with Crippen molar-refractivity contribution in [2.24, 2.45) is 10.1 Å². The number of rotatable bonds is 3. The largest absolute Gasteiger partial charge is 0.497 e. The first kappa shape index (κ1) is 13.5. The van der Waals surface area contributed by atoms with Gasteiger partial charge in [-0.3, -0.25) is 10.4 Å². The highest BCUT2D eigenvalue weighted by molar-refractivity contribution is 8.14. The van der Waals surface area contributed by atoms with Gasteiger partial charge in [0.2, 0.25) is 0 Å². The highest BCUT2D eigenvalue weighted by Gasteiger charge is 2.17. The summed E-state index contributed by atoms with van der Waals surface area (Å²) in [5, 5.41) is 5.42. The molecule has 0 unspecified atom stereocenters. The monoisotopic (exact) mass is 289 g/mol. The predicted octanol–water partition coefficient (Wildman–Crippen LogP) is 3.03. The first-order valence-corrected chi connectivity index (χ1v) is 8.01. The van der Waals surface area contributed by atoms with Crippen LogP contribution >= 0.6 is 11.8 Å². The third-order valence-corrected chi connectivity index (χ3v) is 4.57. The number of hydrogen-bond donors (Lipinski definition) is 1. The molecule has 1 N–H and O–H groups in total. The first-order valence-electron chi connectivity index (χ1n) is 7.03. The Balaban J connectivity index is 1.66. The second-order valence-corrected chi connectivity index (χ2v) is 6.02. The van der Waals surface area contributed by atoms with Crippen LogP contribution in [0.5, 0.6) is 5.75 Å². The number of nitrogens with one attached hydrogen (secondary N) is 1. The van der Waals surface area contributed by atoms with Crippen LogP contribution in [-0.2, 0) is 0 Å². The van der Waals surface area contributed by atoms with E-state index in [-0.39, 0.29) is 0 Å². The van der Waals surface area contributed by atoms with E-state index in [2.05, 4.69) is 10.5 Å².